The number of hydrogen-bond donors (Lipinski definition) is 1. The van der Waals surface area contributed by atoms with Crippen LogP contribution in [0.4, 0.5) is 0 Å². The molecule has 0 saturated heterocycles. The van der Waals surface area contributed by atoms with Gasteiger partial charge < -0.3 is 5.73 Å². The minimum Gasteiger partial charge on any atom is -0.324 e. The molecule has 0 amide bonds. The Hall–Kier alpha value is -1.93. The fourth-order valence-corrected chi connectivity index (χ4v) is 2.56. The van der Waals surface area contributed by atoms with Gasteiger partial charge >= 0.3 is 0 Å². The molecule has 0 aromatic heterocycles. The minimum absolute atomic E-state index is 0.0222. The van der Waals surface area contributed by atoms with E-state index in [1.807, 2.05) is 54.6 Å². The molecule has 2 nitrogen and oxygen atoms in total. The van der Waals surface area contributed by atoms with Gasteiger partial charge in [-0.25, -0.2) is 0 Å². The van der Waals surface area contributed by atoms with Gasteiger partial charge in [-0.1, -0.05) is 54.6 Å². The van der Waals surface area contributed by atoms with Crippen LogP contribution in [-0.4, -0.2) is 11.8 Å². The fraction of sp³-hybridized carbons (Fsp3) is 0.188. The van der Waals surface area contributed by atoms with Crippen molar-refractivity contribution in [2.75, 3.05) is 0 Å². The number of hydrogen-bond acceptors (Lipinski definition) is 2. The molecule has 1 aliphatic rings. The maximum absolute atomic E-state index is 12.5. The number of nitrogens with two attached hydrogens (primary N) is 1. The number of rotatable bonds is 2. The number of carbonyl (C=O) groups excluding carboxylic acids is 1. The van der Waals surface area contributed by atoms with Crippen LogP contribution in [0.3, 0.4) is 0 Å². The van der Waals surface area contributed by atoms with Crippen LogP contribution in [0.1, 0.15) is 16.8 Å². The highest BCUT2D eigenvalue weighted by molar-refractivity contribution is 6.09. The van der Waals surface area contributed by atoms with Crippen molar-refractivity contribution < 1.29 is 4.79 Å². The first-order valence-electron chi connectivity index (χ1n) is 6.21. The van der Waals surface area contributed by atoms with Gasteiger partial charge in [-0.05, 0) is 17.2 Å². The van der Waals surface area contributed by atoms with E-state index in [1.54, 1.807) is 0 Å². The summed E-state index contributed by atoms with van der Waals surface area (Å²) in [7, 11) is 0. The number of benzene rings is 2. The maximum Gasteiger partial charge on any atom is 0.170 e. The molecule has 2 aromatic rings. The molecule has 0 saturated carbocycles. The Morgan fingerprint density at radius 2 is 1.83 bits per heavy atom. The summed E-state index contributed by atoms with van der Waals surface area (Å²) in [5.41, 5.74) is 6.62. The minimum atomic E-state index is -0.0641. The summed E-state index contributed by atoms with van der Waals surface area (Å²) < 4.78 is 0. The van der Waals surface area contributed by atoms with Gasteiger partial charge in [-0.3, -0.25) is 4.79 Å². The summed E-state index contributed by atoms with van der Waals surface area (Å²) in [5, 5.41) is 2.13. The largest absolute Gasteiger partial charge is 0.324 e. The third kappa shape index (κ3) is 1.85. The van der Waals surface area contributed by atoms with Crippen molar-refractivity contribution in [1.82, 2.24) is 0 Å². The molecular weight excluding hydrogens is 222 g/mol. The van der Waals surface area contributed by atoms with E-state index in [-0.39, 0.29) is 17.7 Å². The molecule has 90 valence electrons. The Morgan fingerprint density at radius 1 is 1.06 bits per heavy atom. The third-order valence-electron chi connectivity index (χ3n) is 3.51. The molecule has 2 atom stereocenters. The molecule has 2 unspecified atom stereocenters. The van der Waals surface area contributed by atoms with E-state index in [2.05, 4.69) is 0 Å². The zero-order valence-electron chi connectivity index (χ0n) is 10.0. The van der Waals surface area contributed by atoms with Crippen molar-refractivity contribution >= 4 is 16.6 Å². The Bertz CT molecular complexity index is 625. The lowest BCUT2D eigenvalue weighted by Crippen LogP contribution is -2.19. The molecule has 0 aliphatic heterocycles. The van der Waals surface area contributed by atoms with Gasteiger partial charge in [0.1, 0.15) is 0 Å². The average molecular weight is 237 g/mol. The van der Waals surface area contributed by atoms with E-state index in [0.29, 0.717) is 0 Å². The molecule has 18 heavy (non-hydrogen) atoms. The second-order valence-electron chi connectivity index (χ2n) is 4.78. The van der Waals surface area contributed by atoms with E-state index in [4.69, 9.17) is 5.73 Å². The molecule has 0 spiro atoms. The van der Waals surface area contributed by atoms with Gasteiger partial charge in [0.2, 0.25) is 0 Å². The molecule has 0 bridgehead atoms. The average Bonchev–Trinajstić information content (AvgIpc) is 2.84. The van der Waals surface area contributed by atoms with Crippen molar-refractivity contribution in [3.63, 3.8) is 0 Å². The fourth-order valence-electron chi connectivity index (χ4n) is 2.56. The molecule has 2 aromatic carbocycles. The van der Waals surface area contributed by atoms with Crippen molar-refractivity contribution in [2.24, 2.45) is 11.7 Å². The lowest BCUT2D eigenvalue weighted by molar-refractivity contribution is 0.0944. The van der Waals surface area contributed by atoms with Gasteiger partial charge in [0.25, 0.3) is 0 Å². The van der Waals surface area contributed by atoms with Crippen LogP contribution in [0.5, 0.6) is 0 Å². The summed E-state index contributed by atoms with van der Waals surface area (Å²) in [6.45, 7) is 0. The van der Waals surface area contributed by atoms with E-state index in [9.17, 15) is 4.79 Å². The first-order valence-corrected chi connectivity index (χ1v) is 6.21. The van der Waals surface area contributed by atoms with E-state index in [0.717, 1.165) is 22.8 Å². The normalized spacial score (nSPS) is 22.5. The Kier molecular flexibility index (Phi) is 2.73. The van der Waals surface area contributed by atoms with Crippen LogP contribution in [-0.2, 0) is 0 Å². The zero-order chi connectivity index (χ0) is 12.5. The van der Waals surface area contributed by atoms with Crippen LogP contribution in [0.2, 0.25) is 0 Å². The lowest BCUT2D eigenvalue weighted by Gasteiger charge is -2.10. The monoisotopic (exact) mass is 237 g/mol. The van der Waals surface area contributed by atoms with Crippen LogP contribution in [0.15, 0.2) is 54.6 Å². The van der Waals surface area contributed by atoms with Crippen LogP contribution in [0.25, 0.3) is 10.8 Å². The lowest BCUT2D eigenvalue weighted by atomic mass is 9.93. The smallest absolute Gasteiger partial charge is 0.170 e. The standard InChI is InChI=1S/C16H15NO/c17-13-9-8-12(10-13)16(18)15-7-3-5-11-4-1-2-6-14(11)15/h1-9,12-13H,10,17H2. The number of fused-ring (bicyclic) bond motifs is 1. The third-order valence-corrected chi connectivity index (χ3v) is 3.51. The van der Waals surface area contributed by atoms with Crippen molar-refractivity contribution in [1.29, 1.82) is 0 Å². The van der Waals surface area contributed by atoms with Crippen LogP contribution < -0.4 is 5.73 Å². The van der Waals surface area contributed by atoms with Crippen molar-refractivity contribution in [3.8, 4) is 0 Å². The second kappa shape index (κ2) is 4.39. The first-order chi connectivity index (χ1) is 8.75. The highest BCUT2D eigenvalue weighted by Crippen LogP contribution is 2.26. The molecule has 2 N–H and O–H groups in total. The van der Waals surface area contributed by atoms with E-state index >= 15 is 0 Å². The number of carbonyl (C=O) groups is 1. The molecule has 3 rings (SSSR count). The number of allylic oxidation sites excluding steroid dienone is 1. The molecule has 2 heteroatoms. The number of ketones is 1. The summed E-state index contributed by atoms with van der Waals surface area (Å²) in [4.78, 5) is 12.5. The van der Waals surface area contributed by atoms with E-state index in [1.165, 1.54) is 0 Å². The number of Topliss-reactive ketones (excluding diaryl/α,β-unsaturated/α-hetero) is 1. The predicted molar refractivity (Wildman–Crippen MR) is 73.5 cm³/mol. The summed E-state index contributed by atoms with van der Waals surface area (Å²) >= 11 is 0. The second-order valence-corrected chi connectivity index (χ2v) is 4.78. The van der Waals surface area contributed by atoms with E-state index < -0.39 is 0 Å². The molecule has 0 radical (unpaired) electrons. The van der Waals surface area contributed by atoms with Crippen molar-refractivity contribution in [3.05, 3.63) is 60.2 Å². The molecule has 1 aliphatic carbocycles. The topological polar surface area (TPSA) is 43.1 Å². The first kappa shape index (κ1) is 11.2. The summed E-state index contributed by atoms with van der Waals surface area (Å²) in [5.74, 6) is 0.113. The van der Waals surface area contributed by atoms with Gasteiger partial charge in [-0.15, -0.1) is 0 Å². The highest BCUT2D eigenvalue weighted by atomic mass is 16.1. The Balaban J connectivity index is 2.04. The van der Waals surface area contributed by atoms with Crippen molar-refractivity contribution in [2.45, 2.75) is 12.5 Å². The molecule has 0 fully saturated rings. The van der Waals surface area contributed by atoms with Crippen LogP contribution in [0, 0.1) is 5.92 Å². The quantitative estimate of drug-likeness (QED) is 0.644. The zero-order valence-corrected chi connectivity index (χ0v) is 10.0. The maximum atomic E-state index is 12.5. The summed E-state index contributed by atoms with van der Waals surface area (Å²) in [6.07, 6.45) is 4.59. The van der Waals surface area contributed by atoms with Crippen LogP contribution >= 0.6 is 0 Å². The van der Waals surface area contributed by atoms with Gasteiger partial charge in [0.05, 0.1) is 0 Å². The van der Waals surface area contributed by atoms with Gasteiger partial charge in [-0.2, -0.15) is 0 Å². The molecule has 0 heterocycles. The predicted octanol–water partition coefficient (Wildman–Crippen LogP) is 2.93. The van der Waals surface area contributed by atoms with Gasteiger partial charge in [0, 0.05) is 17.5 Å². The highest BCUT2D eigenvalue weighted by Gasteiger charge is 2.24. The van der Waals surface area contributed by atoms with Gasteiger partial charge in [0.15, 0.2) is 5.78 Å². The Morgan fingerprint density at radius 3 is 2.61 bits per heavy atom. The molecular formula is C16H15NO. The SMILES string of the molecule is NC1C=CC(C(=O)c2cccc3ccccc23)C1. The Labute approximate surface area is 106 Å². The summed E-state index contributed by atoms with van der Waals surface area (Å²) in [6, 6.07) is 13.9.